The SMILES string of the molecule is Cc1cc(NC(=O)CN[C@H](c2ccccc2)c2cccs2)no1. The van der Waals surface area contributed by atoms with Crippen LogP contribution in [0.5, 0.6) is 0 Å². The summed E-state index contributed by atoms with van der Waals surface area (Å²) in [6.07, 6.45) is 0. The summed E-state index contributed by atoms with van der Waals surface area (Å²) < 4.78 is 4.94. The molecule has 0 aliphatic heterocycles. The maximum absolute atomic E-state index is 12.1. The molecule has 0 saturated carbocycles. The predicted molar refractivity (Wildman–Crippen MR) is 90.5 cm³/mol. The van der Waals surface area contributed by atoms with Crippen molar-refractivity contribution in [3.63, 3.8) is 0 Å². The molecule has 0 bridgehead atoms. The largest absolute Gasteiger partial charge is 0.360 e. The van der Waals surface area contributed by atoms with Crippen molar-refractivity contribution < 1.29 is 9.32 Å². The van der Waals surface area contributed by atoms with Crippen molar-refractivity contribution in [2.24, 2.45) is 0 Å². The zero-order valence-corrected chi connectivity index (χ0v) is 13.5. The first-order chi connectivity index (χ1) is 11.2. The van der Waals surface area contributed by atoms with Crippen LogP contribution in [0.25, 0.3) is 0 Å². The molecule has 0 radical (unpaired) electrons. The third kappa shape index (κ3) is 4.06. The molecule has 2 aromatic heterocycles. The highest BCUT2D eigenvalue weighted by Crippen LogP contribution is 2.25. The summed E-state index contributed by atoms with van der Waals surface area (Å²) in [7, 11) is 0. The molecule has 2 heterocycles. The summed E-state index contributed by atoms with van der Waals surface area (Å²) in [6, 6.07) is 15.8. The second-order valence-corrected chi connectivity index (χ2v) is 6.09. The number of carbonyl (C=O) groups is 1. The lowest BCUT2D eigenvalue weighted by Gasteiger charge is -2.17. The van der Waals surface area contributed by atoms with Gasteiger partial charge in [-0.2, -0.15) is 0 Å². The molecule has 0 fully saturated rings. The molecule has 1 aromatic carbocycles. The normalized spacial score (nSPS) is 12.0. The monoisotopic (exact) mass is 327 g/mol. The van der Waals surface area contributed by atoms with E-state index in [4.69, 9.17) is 4.52 Å². The highest BCUT2D eigenvalue weighted by Gasteiger charge is 2.16. The Hall–Kier alpha value is -2.44. The van der Waals surface area contributed by atoms with Crippen LogP contribution in [0.3, 0.4) is 0 Å². The maximum atomic E-state index is 12.1. The molecule has 3 rings (SSSR count). The van der Waals surface area contributed by atoms with Gasteiger partial charge in [0.1, 0.15) is 5.76 Å². The van der Waals surface area contributed by atoms with Crippen LogP contribution in [0.15, 0.2) is 58.4 Å². The van der Waals surface area contributed by atoms with Crippen molar-refractivity contribution in [3.8, 4) is 0 Å². The van der Waals surface area contributed by atoms with Gasteiger partial charge in [0, 0.05) is 10.9 Å². The number of anilines is 1. The average molecular weight is 327 g/mol. The molecule has 0 unspecified atom stereocenters. The van der Waals surface area contributed by atoms with E-state index in [9.17, 15) is 4.79 Å². The van der Waals surface area contributed by atoms with E-state index in [1.807, 2.05) is 29.6 Å². The summed E-state index contributed by atoms with van der Waals surface area (Å²) in [6.45, 7) is 1.96. The van der Waals surface area contributed by atoms with E-state index in [0.717, 1.165) is 5.56 Å². The van der Waals surface area contributed by atoms with Crippen molar-refractivity contribution in [2.45, 2.75) is 13.0 Å². The van der Waals surface area contributed by atoms with Crippen LogP contribution in [-0.2, 0) is 4.79 Å². The van der Waals surface area contributed by atoms with E-state index in [1.165, 1.54) is 4.88 Å². The van der Waals surface area contributed by atoms with Crippen molar-refractivity contribution in [2.75, 3.05) is 11.9 Å². The number of hydrogen-bond donors (Lipinski definition) is 2. The lowest BCUT2D eigenvalue weighted by atomic mass is 10.1. The third-order valence-electron chi connectivity index (χ3n) is 3.32. The minimum absolute atomic E-state index is 0.0130. The zero-order chi connectivity index (χ0) is 16.1. The Morgan fingerprint density at radius 1 is 1.26 bits per heavy atom. The van der Waals surface area contributed by atoms with Crippen molar-refractivity contribution in [1.29, 1.82) is 0 Å². The third-order valence-corrected chi connectivity index (χ3v) is 4.26. The standard InChI is InChI=1S/C17H17N3O2S/c1-12-10-15(20-22-12)19-16(21)11-18-17(14-8-5-9-23-14)13-6-3-2-4-7-13/h2-10,17-18H,11H2,1H3,(H,19,20,21)/t17-/m1/s1. The van der Waals surface area contributed by atoms with E-state index >= 15 is 0 Å². The number of nitrogens with one attached hydrogen (secondary N) is 2. The van der Waals surface area contributed by atoms with Gasteiger partial charge in [-0.15, -0.1) is 11.3 Å². The summed E-state index contributed by atoms with van der Waals surface area (Å²) in [5.74, 6) is 0.937. The van der Waals surface area contributed by atoms with Crippen LogP contribution in [-0.4, -0.2) is 17.6 Å². The molecule has 5 nitrogen and oxygen atoms in total. The Kier molecular flexibility index (Phi) is 4.85. The molecular formula is C17H17N3O2S. The van der Waals surface area contributed by atoms with Crippen LogP contribution in [0.2, 0.25) is 0 Å². The number of nitrogens with zero attached hydrogens (tertiary/aromatic N) is 1. The van der Waals surface area contributed by atoms with Crippen LogP contribution in [0.1, 0.15) is 22.2 Å². The number of aromatic nitrogens is 1. The van der Waals surface area contributed by atoms with Gasteiger partial charge in [0.25, 0.3) is 0 Å². The second kappa shape index (κ2) is 7.21. The minimum Gasteiger partial charge on any atom is -0.360 e. The molecular weight excluding hydrogens is 310 g/mol. The highest BCUT2D eigenvalue weighted by atomic mass is 32.1. The first-order valence-electron chi connectivity index (χ1n) is 7.27. The van der Waals surface area contributed by atoms with E-state index in [0.29, 0.717) is 11.6 Å². The highest BCUT2D eigenvalue weighted by molar-refractivity contribution is 7.10. The lowest BCUT2D eigenvalue weighted by Crippen LogP contribution is -2.31. The van der Waals surface area contributed by atoms with E-state index in [1.54, 1.807) is 24.3 Å². The second-order valence-electron chi connectivity index (χ2n) is 5.11. The van der Waals surface area contributed by atoms with Gasteiger partial charge < -0.3 is 9.84 Å². The summed E-state index contributed by atoms with van der Waals surface area (Å²) in [5.41, 5.74) is 1.13. The molecule has 0 saturated heterocycles. The Bertz CT molecular complexity index is 753. The maximum Gasteiger partial charge on any atom is 0.239 e. The van der Waals surface area contributed by atoms with Gasteiger partial charge >= 0.3 is 0 Å². The van der Waals surface area contributed by atoms with Crippen LogP contribution < -0.4 is 10.6 Å². The van der Waals surface area contributed by atoms with Crippen LogP contribution in [0.4, 0.5) is 5.82 Å². The van der Waals surface area contributed by atoms with Crippen LogP contribution >= 0.6 is 11.3 Å². The molecule has 23 heavy (non-hydrogen) atoms. The number of thiophene rings is 1. The summed E-state index contributed by atoms with van der Waals surface area (Å²) >= 11 is 1.66. The first-order valence-corrected chi connectivity index (χ1v) is 8.15. The quantitative estimate of drug-likeness (QED) is 0.728. The topological polar surface area (TPSA) is 67.2 Å². The first kappa shape index (κ1) is 15.5. The van der Waals surface area contributed by atoms with Gasteiger partial charge in [0.05, 0.1) is 12.6 Å². The molecule has 0 spiro atoms. The summed E-state index contributed by atoms with van der Waals surface area (Å²) in [5, 5.41) is 11.8. The molecule has 1 atom stereocenters. The zero-order valence-electron chi connectivity index (χ0n) is 12.7. The van der Waals surface area contributed by atoms with Crippen molar-refractivity contribution in [1.82, 2.24) is 10.5 Å². The van der Waals surface area contributed by atoms with Gasteiger partial charge in [-0.05, 0) is 23.9 Å². The molecule has 1 amide bonds. The summed E-state index contributed by atoms with van der Waals surface area (Å²) in [4.78, 5) is 13.2. The molecule has 0 aliphatic rings. The fraction of sp³-hybridized carbons (Fsp3) is 0.176. The molecule has 3 aromatic rings. The van der Waals surface area contributed by atoms with E-state index in [2.05, 4.69) is 34.0 Å². The average Bonchev–Trinajstić information content (AvgIpc) is 3.21. The smallest absolute Gasteiger partial charge is 0.239 e. The lowest BCUT2D eigenvalue weighted by molar-refractivity contribution is -0.115. The molecule has 6 heteroatoms. The Labute approximate surface area is 138 Å². The van der Waals surface area contributed by atoms with Gasteiger partial charge in [0.15, 0.2) is 5.82 Å². The predicted octanol–water partition coefficient (Wildman–Crippen LogP) is 3.36. The van der Waals surface area contributed by atoms with Gasteiger partial charge in [-0.3, -0.25) is 10.1 Å². The van der Waals surface area contributed by atoms with Crippen LogP contribution in [0, 0.1) is 6.92 Å². The van der Waals surface area contributed by atoms with E-state index in [-0.39, 0.29) is 18.5 Å². The fourth-order valence-corrected chi connectivity index (χ4v) is 3.12. The number of hydrogen-bond acceptors (Lipinski definition) is 5. The number of rotatable bonds is 6. The van der Waals surface area contributed by atoms with Gasteiger partial charge in [-0.1, -0.05) is 41.6 Å². The Balaban J connectivity index is 1.66. The van der Waals surface area contributed by atoms with Crippen molar-refractivity contribution >= 4 is 23.1 Å². The molecule has 0 aliphatic carbocycles. The molecule has 2 N–H and O–H groups in total. The minimum atomic E-state index is -0.157. The van der Waals surface area contributed by atoms with E-state index < -0.39 is 0 Å². The Morgan fingerprint density at radius 2 is 2.09 bits per heavy atom. The van der Waals surface area contributed by atoms with Crippen molar-refractivity contribution in [3.05, 3.63) is 70.1 Å². The number of aryl methyl sites for hydroxylation is 1. The number of carbonyl (C=O) groups excluding carboxylic acids is 1. The Morgan fingerprint density at radius 3 is 2.74 bits per heavy atom. The van der Waals surface area contributed by atoms with Gasteiger partial charge in [0.2, 0.25) is 5.91 Å². The molecule has 118 valence electrons. The number of amides is 1. The number of benzene rings is 1. The van der Waals surface area contributed by atoms with Gasteiger partial charge in [-0.25, -0.2) is 0 Å². The fourth-order valence-electron chi connectivity index (χ4n) is 2.29.